The number of hydrogen-bond donors (Lipinski definition) is 0. The second kappa shape index (κ2) is 4.85. The van der Waals surface area contributed by atoms with Crippen molar-refractivity contribution in [1.82, 2.24) is 9.55 Å². The number of nitrogens with zero attached hydrogens (tertiary/aromatic N) is 2. The molecule has 0 saturated heterocycles. The van der Waals surface area contributed by atoms with E-state index in [2.05, 4.69) is 50.8 Å². The quantitative estimate of drug-likeness (QED) is 0.583. The normalized spacial score (nSPS) is 12.1. The monoisotopic (exact) mass is 236 g/mol. The molecule has 16 heavy (non-hydrogen) atoms. The second-order valence-corrected chi connectivity index (χ2v) is 10.1. The zero-order valence-corrected chi connectivity index (χ0v) is 11.7. The Morgan fingerprint density at radius 3 is 2.56 bits per heavy atom. The van der Waals surface area contributed by atoms with E-state index in [1.54, 1.807) is 17.1 Å². The molecule has 0 aliphatic carbocycles. The molecule has 0 N–H and O–H groups in total. The predicted octanol–water partition coefficient (Wildman–Crippen LogP) is 2.71. The van der Waals surface area contributed by atoms with Gasteiger partial charge in [-0.15, -0.1) is 0 Å². The molecule has 0 unspecified atom stereocenters. The minimum absolute atomic E-state index is 0.240. The number of hydrogen-bond acceptors (Lipinski definition) is 2. The van der Waals surface area contributed by atoms with Crippen LogP contribution in [-0.4, -0.2) is 24.5 Å². The summed E-state index contributed by atoms with van der Waals surface area (Å²) >= 11 is 0. The van der Waals surface area contributed by atoms with Crippen molar-refractivity contribution in [3.8, 4) is 12.0 Å². The Morgan fingerprint density at radius 1 is 1.38 bits per heavy atom. The summed E-state index contributed by atoms with van der Waals surface area (Å²) in [7, 11) is -1.65. The summed E-state index contributed by atoms with van der Waals surface area (Å²) in [4.78, 5) is 3.92. The molecule has 0 atom stereocenters. The lowest BCUT2D eigenvalue weighted by Gasteiger charge is -2.35. The largest absolute Gasteiger partial charge is 0.406 e. The van der Waals surface area contributed by atoms with Gasteiger partial charge < -0.3 is 4.43 Å². The van der Waals surface area contributed by atoms with Crippen LogP contribution in [0.2, 0.25) is 18.1 Å². The molecule has 0 saturated carbocycles. The van der Waals surface area contributed by atoms with E-state index in [1.165, 1.54) is 0 Å². The van der Waals surface area contributed by atoms with Crippen molar-refractivity contribution in [3.05, 3.63) is 18.7 Å². The third-order valence-corrected chi connectivity index (χ3v) is 7.50. The minimum atomic E-state index is -1.65. The van der Waals surface area contributed by atoms with E-state index in [4.69, 9.17) is 4.43 Å². The molecule has 0 fully saturated rings. The summed E-state index contributed by atoms with van der Waals surface area (Å²) in [6.07, 6.45) is 5.21. The molecule has 1 heterocycles. The Labute approximate surface area is 99.0 Å². The summed E-state index contributed by atoms with van der Waals surface area (Å²) in [5.41, 5.74) is 0. The highest BCUT2D eigenvalue weighted by molar-refractivity contribution is 6.74. The Morgan fingerprint density at radius 2 is 2.06 bits per heavy atom. The first-order valence-corrected chi connectivity index (χ1v) is 8.34. The average molecular weight is 236 g/mol. The molecule has 88 valence electrons. The van der Waals surface area contributed by atoms with Gasteiger partial charge in [0, 0.05) is 18.4 Å². The second-order valence-electron chi connectivity index (χ2n) is 5.31. The molecule has 1 rings (SSSR count). The molecular formula is C12H20N2OSi. The van der Waals surface area contributed by atoms with Crippen molar-refractivity contribution in [2.45, 2.75) is 38.9 Å². The lowest BCUT2D eigenvalue weighted by atomic mass is 10.2. The van der Waals surface area contributed by atoms with Gasteiger partial charge in [-0.05, 0) is 18.1 Å². The molecule has 0 amide bonds. The maximum Gasteiger partial charge on any atom is 0.193 e. The third-order valence-electron chi connectivity index (χ3n) is 3.02. The molecule has 1 aromatic rings. The minimum Gasteiger partial charge on any atom is -0.406 e. The van der Waals surface area contributed by atoms with Crippen molar-refractivity contribution in [2.75, 3.05) is 6.61 Å². The van der Waals surface area contributed by atoms with Crippen LogP contribution in [0.1, 0.15) is 20.8 Å². The zero-order chi connectivity index (χ0) is 12.2. The molecule has 0 spiro atoms. The SMILES string of the molecule is CC(C)(C)[Si](C)(C)OCC#Cn1ccnc1. The van der Waals surface area contributed by atoms with Crippen LogP contribution in [0.4, 0.5) is 0 Å². The van der Waals surface area contributed by atoms with E-state index in [-0.39, 0.29) is 5.04 Å². The van der Waals surface area contributed by atoms with Crippen LogP contribution in [0.15, 0.2) is 18.7 Å². The first kappa shape index (κ1) is 13.0. The fourth-order valence-electron chi connectivity index (χ4n) is 0.882. The lowest BCUT2D eigenvalue weighted by Crippen LogP contribution is -2.40. The van der Waals surface area contributed by atoms with E-state index in [1.807, 2.05) is 6.20 Å². The van der Waals surface area contributed by atoms with Crippen LogP contribution in [0.25, 0.3) is 0 Å². The van der Waals surface area contributed by atoms with Gasteiger partial charge in [-0.2, -0.15) is 0 Å². The molecule has 0 radical (unpaired) electrons. The first-order chi connectivity index (χ1) is 7.33. The Bertz CT molecular complexity index is 379. The third kappa shape index (κ3) is 3.51. The van der Waals surface area contributed by atoms with Gasteiger partial charge in [0.2, 0.25) is 0 Å². The lowest BCUT2D eigenvalue weighted by molar-refractivity contribution is 0.334. The summed E-state index contributed by atoms with van der Waals surface area (Å²) < 4.78 is 7.65. The fourth-order valence-corrected chi connectivity index (χ4v) is 1.75. The molecule has 4 heteroatoms. The van der Waals surface area contributed by atoms with Crippen LogP contribution in [0.5, 0.6) is 0 Å². The van der Waals surface area contributed by atoms with Gasteiger partial charge in [0.15, 0.2) is 8.32 Å². The number of rotatable bonds is 2. The highest BCUT2D eigenvalue weighted by Crippen LogP contribution is 2.36. The van der Waals surface area contributed by atoms with Crippen molar-refractivity contribution in [3.63, 3.8) is 0 Å². The van der Waals surface area contributed by atoms with Gasteiger partial charge >= 0.3 is 0 Å². The van der Waals surface area contributed by atoms with E-state index >= 15 is 0 Å². The fraction of sp³-hybridized carbons (Fsp3) is 0.583. The van der Waals surface area contributed by atoms with Crippen molar-refractivity contribution in [1.29, 1.82) is 0 Å². The Kier molecular flexibility index (Phi) is 3.95. The summed E-state index contributed by atoms with van der Waals surface area (Å²) in [5.74, 6) is 3.00. The van der Waals surface area contributed by atoms with Gasteiger partial charge in [0.1, 0.15) is 6.33 Å². The van der Waals surface area contributed by atoms with Gasteiger partial charge in [0.05, 0.1) is 6.61 Å². The van der Waals surface area contributed by atoms with Crippen LogP contribution >= 0.6 is 0 Å². The Hall–Kier alpha value is -1.05. The van der Waals surface area contributed by atoms with E-state index in [0.717, 1.165) is 0 Å². The summed E-state index contributed by atoms with van der Waals surface area (Å²) in [6, 6.07) is 2.95. The van der Waals surface area contributed by atoms with E-state index in [9.17, 15) is 0 Å². The molecule has 3 nitrogen and oxygen atoms in total. The predicted molar refractivity (Wildman–Crippen MR) is 68.6 cm³/mol. The first-order valence-electron chi connectivity index (χ1n) is 5.44. The Balaban J connectivity index is 2.47. The maximum atomic E-state index is 5.92. The van der Waals surface area contributed by atoms with Gasteiger partial charge in [0.25, 0.3) is 0 Å². The van der Waals surface area contributed by atoms with Crippen LogP contribution in [-0.2, 0) is 4.43 Å². The zero-order valence-electron chi connectivity index (χ0n) is 10.7. The van der Waals surface area contributed by atoms with Crippen LogP contribution < -0.4 is 0 Å². The molecule has 0 bridgehead atoms. The maximum absolute atomic E-state index is 5.92. The standard InChI is InChI=1S/C12H20N2OSi/c1-12(2,3)16(4,5)15-10-6-8-14-9-7-13-11-14/h7,9,11H,10H2,1-5H3. The van der Waals surface area contributed by atoms with Crippen molar-refractivity contribution >= 4 is 8.32 Å². The summed E-state index contributed by atoms with van der Waals surface area (Å²) in [6.45, 7) is 11.6. The molecular weight excluding hydrogens is 216 g/mol. The highest BCUT2D eigenvalue weighted by Gasteiger charge is 2.36. The van der Waals surface area contributed by atoms with E-state index < -0.39 is 8.32 Å². The molecule has 1 aromatic heterocycles. The molecule has 0 aliphatic heterocycles. The van der Waals surface area contributed by atoms with Crippen molar-refractivity contribution < 1.29 is 4.43 Å². The molecule has 0 aliphatic rings. The number of imidazole rings is 1. The topological polar surface area (TPSA) is 27.1 Å². The molecule has 0 aromatic carbocycles. The van der Waals surface area contributed by atoms with Crippen LogP contribution in [0.3, 0.4) is 0 Å². The smallest absolute Gasteiger partial charge is 0.193 e. The van der Waals surface area contributed by atoms with Gasteiger partial charge in [-0.1, -0.05) is 26.7 Å². The van der Waals surface area contributed by atoms with Gasteiger partial charge in [-0.3, -0.25) is 4.57 Å². The number of aromatic nitrogens is 2. The van der Waals surface area contributed by atoms with Crippen molar-refractivity contribution in [2.24, 2.45) is 0 Å². The highest BCUT2D eigenvalue weighted by atomic mass is 28.4. The van der Waals surface area contributed by atoms with Crippen LogP contribution in [0, 0.1) is 12.0 Å². The average Bonchev–Trinajstić information content (AvgIpc) is 2.63. The van der Waals surface area contributed by atoms with Gasteiger partial charge in [-0.25, -0.2) is 4.98 Å². The van der Waals surface area contributed by atoms with E-state index in [0.29, 0.717) is 6.61 Å². The summed E-state index contributed by atoms with van der Waals surface area (Å²) in [5, 5.41) is 0.240.